The second-order valence-electron chi connectivity index (χ2n) is 5.01. The molecule has 3 rings (SSSR count). The van der Waals surface area contributed by atoms with Gasteiger partial charge in [-0.1, -0.05) is 41.9 Å². The van der Waals surface area contributed by atoms with Crippen LogP contribution in [0.1, 0.15) is 12.5 Å². The number of fused-ring (bicyclic) bond motifs is 1. The monoisotopic (exact) mass is 318 g/mol. The molecule has 0 amide bonds. The molecule has 0 fully saturated rings. The van der Waals surface area contributed by atoms with Crippen molar-refractivity contribution in [3.05, 3.63) is 59.1 Å². The summed E-state index contributed by atoms with van der Waals surface area (Å²) in [6.07, 6.45) is -1.22. The first kappa shape index (κ1) is 14.7. The Kier molecular flexibility index (Phi) is 4.20. The normalized spacial score (nSPS) is 19.5. The van der Waals surface area contributed by atoms with Crippen molar-refractivity contribution in [2.75, 3.05) is 0 Å². The first-order chi connectivity index (χ1) is 10.6. The van der Waals surface area contributed by atoms with Gasteiger partial charge in [0.1, 0.15) is 12.7 Å². The van der Waals surface area contributed by atoms with E-state index < -0.39 is 18.2 Å². The first-order valence-electron chi connectivity index (χ1n) is 6.97. The third-order valence-electron chi connectivity index (χ3n) is 3.40. The number of benzene rings is 2. The van der Waals surface area contributed by atoms with Gasteiger partial charge in [0.2, 0.25) is 6.10 Å². The van der Waals surface area contributed by atoms with Gasteiger partial charge in [0, 0.05) is 10.6 Å². The number of ether oxygens (including phenoxy) is 3. The Morgan fingerprint density at radius 2 is 1.73 bits per heavy atom. The number of carbonyl (C=O) groups excluding carboxylic acids is 1. The van der Waals surface area contributed by atoms with Gasteiger partial charge >= 0.3 is 5.97 Å². The zero-order chi connectivity index (χ0) is 15.5. The summed E-state index contributed by atoms with van der Waals surface area (Å²) in [6.45, 7) is 1.88. The van der Waals surface area contributed by atoms with E-state index in [9.17, 15) is 4.79 Å². The lowest BCUT2D eigenvalue weighted by Crippen LogP contribution is -2.44. The summed E-state index contributed by atoms with van der Waals surface area (Å²) in [5.41, 5.74) is 0.752. The largest absolute Gasteiger partial charge is 0.482 e. The molecule has 114 valence electrons. The lowest BCUT2D eigenvalue weighted by molar-refractivity contribution is -0.159. The Morgan fingerprint density at radius 3 is 2.45 bits per heavy atom. The highest BCUT2D eigenvalue weighted by atomic mass is 35.5. The van der Waals surface area contributed by atoms with Crippen molar-refractivity contribution >= 4 is 17.6 Å². The highest BCUT2D eigenvalue weighted by Gasteiger charge is 2.35. The number of halogens is 1. The quantitative estimate of drug-likeness (QED) is 0.811. The fraction of sp³-hybridized carbons (Fsp3) is 0.235. The van der Waals surface area contributed by atoms with Gasteiger partial charge in [-0.2, -0.15) is 0 Å². The Bertz CT molecular complexity index is 686. The highest BCUT2D eigenvalue weighted by Crippen LogP contribution is 2.33. The molecule has 2 aromatic carbocycles. The van der Waals surface area contributed by atoms with Gasteiger partial charge in [0.05, 0.1) is 0 Å². The predicted molar refractivity (Wildman–Crippen MR) is 82.2 cm³/mol. The fourth-order valence-corrected chi connectivity index (χ4v) is 2.42. The Labute approximate surface area is 133 Å². The molecule has 1 aliphatic heterocycles. The molecule has 4 nitrogen and oxygen atoms in total. The van der Waals surface area contributed by atoms with Crippen molar-refractivity contribution in [2.24, 2.45) is 0 Å². The zero-order valence-corrected chi connectivity index (χ0v) is 12.7. The smallest absolute Gasteiger partial charge is 0.351 e. The van der Waals surface area contributed by atoms with E-state index in [-0.39, 0.29) is 6.61 Å². The van der Waals surface area contributed by atoms with Crippen LogP contribution < -0.4 is 9.47 Å². The average molecular weight is 319 g/mol. The van der Waals surface area contributed by atoms with E-state index in [1.807, 2.05) is 30.3 Å². The zero-order valence-electron chi connectivity index (χ0n) is 12.0. The first-order valence-corrected chi connectivity index (χ1v) is 7.35. The molecule has 22 heavy (non-hydrogen) atoms. The van der Waals surface area contributed by atoms with E-state index in [4.69, 9.17) is 25.8 Å². The minimum absolute atomic E-state index is 0.104. The minimum Gasteiger partial charge on any atom is -0.482 e. The van der Waals surface area contributed by atoms with Crippen LogP contribution in [-0.4, -0.2) is 18.2 Å². The summed E-state index contributed by atoms with van der Waals surface area (Å²) in [5, 5.41) is 0.564. The summed E-state index contributed by atoms with van der Waals surface area (Å²) in [5.74, 6) is 0.701. The van der Waals surface area contributed by atoms with Crippen molar-refractivity contribution in [2.45, 2.75) is 25.7 Å². The standard InChI is InChI=1S/C17H15ClO4/c1-11-16(22-15-9-5-4-8-14(15)21-11)17(19)20-10-12-6-2-3-7-13(12)18/h2-9,11,16H,10H2,1H3. The molecule has 2 unspecified atom stereocenters. The van der Waals surface area contributed by atoms with Crippen molar-refractivity contribution in [1.29, 1.82) is 0 Å². The molecule has 0 aromatic heterocycles. The molecule has 2 aromatic rings. The van der Waals surface area contributed by atoms with Crippen molar-refractivity contribution in [1.82, 2.24) is 0 Å². The topological polar surface area (TPSA) is 44.8 Å². The number of hydrogen-bond acceptors (Lipinski definition) is 4. The number of para-hydroxylation sites is 2. The molecule has 0 aliphatic carbocycles. The highest BCUT2D eigenvalue weighted by molar-refractivity contribution is 6.31. The molecule has 0 bridgehead atoms. The summed E-state index contributed by atoms with van der Waals surface area (Å²) in [7, 11) is 0. The molecule has 0 radical (unpaired) electrons. The minimum atomic E-state index is -0.794. The van der Waals surface area contributed by atoms with Crippen LogP contribution in [0.25, 0.3) is 0 Å². The van der Waals surface area contributed by atoms with Gasteiger partial charge in [0.25, 0.3) is 0 Å². The third-order valence-corrected chi connectivity index (χ3v) is 3.77. The second kappa shape index (κ2) is 6.28. The van der Waals surface area contributed by atoms with Gasteiger partial charge in [0.15, 0.2) is 11.5 Å². The summed E-state index contributed by atoms with van der Waals surface area (Å²) < 4.78 is 16.7. The van der Waals surface area contributed by atoms with Gasteiger partial charge in [-0.15, -0.1) is 0 Å². The van der Waals surface area contributed by atoms with Crippen LogP contribution in [0.5, 0.6) is 11.5 Å². The van der Waals surface area contributed by atoms with E-state index in [0.717, 1.165) is 5.56 Å². The average Bonchev–Trinajstić information content (AvgIpc) is 2.53. The van der Waals surface area contributed by atoms with Crippen LogP contribution in [0.3, 0.4) is 0 Å². The maximum Gasteiger partial charge on any atom is 0.351 e. The van der Waals surface area contributed by atoms with Gasteiger partial charge in [-0.05, 0) is 25.1 Å². The van der Waals surface area contributed by atoms with E-state index in [0.29, 0.717) is 16.5 Å². The number of esters is 1. The van der Waals surface area contributed by atoms with Crippen molar-refractivity contribution in [3.8, 4) is 11.5 Å². The van der Waals surface area contributed by atoms with Crippen LogP contribution in [0.15, 0.2) is 48.5 Å². The van der Waals surface area contributed by atoms with Crippen molar-refractivity contribution < 1.29 is 19.0 Å². The molecule has 0 saturated carbocycles. The van der Waals surface area contributed by atoms with Crippen molar-refractivity contribution in [3.63, 3.8) is 0 Å². The molecule has 0 N–H and O–H groups in total. The molecular weight excluding hydrogens is 304 g/mol. The molecule has 0 spiro atoms. The third kappa shape index (κ3) is 3.02. The number of carbonyl (C=O) groups is 1. The van der Waals surface area contributed by atoms with Gasteiger partial charge in [-0.25, -0.2) is 4.79 Å². The predicted octanol–water partition coefficient (Wildman–Crippen LogP) is 3.61. The molecular formula is C17H15ClO4. The van der Waals surface area contributed by atoms with E-state index >= 15 is 0 Å². The van der Waals surface area contributed by atoms with Crippen LogP contribution in [0.2, 0.25) is 5.02 Å². The van der Waals surface area contributed by atoms with Gasteiger partial charge < -0.3 is 14.2 Å². The Balaban J connectivity index is 1.67. The second-order valence-corrected chi connectivity index (χ2v) is 5.41. The van der Waals surface area contributed by atoms with Crippen LogP contribution >= 0.6 is 11.6 Å². The Hall–Kier alpha value is -2.20. The molecule has 2 atom stereocenters. The Morgan fingerprint density at radius 1 is 1.09 bits per heavy atom. The number of hydrogen-bond donors (Lipinski definition) is 0. The SMILES string of the molecule is CC1Oc2ccccc2OC1C(=O)OCc1ccccc1Cl. The van der Waals surface area contributed by atoms with E-state index in [1.54, 1.807) is 25.1 Å². The summed E-state index contributed by atoms with van der Waals surface area (Å²) in [4.78, 5) is 12.2. The maximum absolute atomic E-state index is 12.2. The van der Waals surface area contributed by atoms with Crippen LogP contribution in [-0.2, 0) is 16.1 Å². The van der Waals surface area contributed by atoms with Gasteiger partial charge in [-0.3, -0.25) is 0 Å². The van der Waals surface area contributed by atoms with E-state index in [2.05, 4.69) is 0 Å². The number of rotatable bonds is 3. The fourth-order valence-electron chi connectivity index (χ4n) is 2.23. The lowest BCUT2D eigenvalue weighted by atomic mass is 10.2. The van der Waals surface area contributed by atoms with Crippen LogP contribution in [0, 0.1) is 0 Å². The van der Waals surface area contributed by atoms with E-state index in [1.165, 1.54) is 0 Å². The summed E-state index contributed by atoms with van der Waals surface area (Å²) >= 11 is 6.04. The van der Waals surface area contributed by atoms with Crippen LogP contribution in [0.4, 0.5) is 0 Å². The molecule has 1 heterocycles. The molecule has 0 saturated heterocycles. The molecule has 5 heteroatoms. The maximum atomic E-state index is 12.2. The summed E-state index contributed by atoms with van der Waals surface area (Å²) in [6, 6.07) is 14.5. The lowest BCUT2D eigenvalue weighted by Gasteiger charge is -2.30. The molecule has 1 aliphatic rings.